The van der Waals surface area contributed by atoms with Crippen molar-refractivity contribution in [3.8, 4) is 5.75 Å². The van der Waals surface area contributed by atoms with Crippen LogP contribution in [-0.4, -0.2) is 24.3 Å². The highest BCUT2D eigenvalue weighted by molar-refractivity contribution is 6.30. The molecule has 1 saturated heterocycles. The number of hydrogen-bond acceptors (Lipinski definition) is 3. The molecule has 0 aliphatic carbocycles. The van der Waals surface area contributed by atoms with Gasteiger partial charge in [0.25, 0.3) is 0 Å². The molecule has 0 aromatic heterocycles. The lowest BCUT2D eigenvalue weighted by Gasteiger charge is -2.44. The summed E-state index contributed by atoms with van der Waals surface area (Å²) in [6.07, 6.45) is 0.589. The van der Waals surface area contributed by atoms with Gasteiger partial charge in [-0.15, -0.1) is 0 Å². The number of methoxy groups -OCH3 is 1. The molecule has 0 bridgehead atoms. The quantitative estimate of drug-likeness (QED) is 0.501. The summed E-state index contributed by atoms with van der Waals surface area (Å²) in [6, 6.07) is 13.6. The maximum Gasteiger partial charge on any atom is 0.307 e. The molecule has 4 atom stereocenters. The number of benzene rings is 2. The summed E-state index contributed by atoms with van der Waals surface area (Å²) in [6.45, 7) is 10.6. The molecule has 3 rings (SSSR count). The summed E-state index contributed by atoms with van der Waals surface area (Å²) in [5.74, 6) is 0.424. The molecule has 0 saturated carbocycles. The van der Waals surface area contributed by atoms with Crippen molar-refractivity contribution in [2.75, 3.05) is 7.11 Å². The fraction of sp³-hybridized carbons (Fsp3) is 0.423. The topological polar surface area (TPSA) is 55.8 Å². The van der Waals surface area contributed by atoms with Gasteiger partial charge in [0, 0.05) is 22.4 Å². The van der Waals surface area contributed by atoms with Gasteiger partial charge in [-0.05, 0) is 54.7 Å². The fourth-order valence-corrected chi connectivity index (χ4v) is 4.71. The van der Waals surface area contributed by atoms with Gasteiger partial charge < -0.3 is 14.6 Å². The molecule has 4 nitrogen and oxygen atoms in total. The second-order valence-electron chi connectivity index (χ2n) is 8.76. The minimum Gasteiger partial charge on any atom is -0.496 e. The lowest BCUT2D eigenvalue weighted by Crippen LogP contribution is -2.39. The molecule has 1 aliphatic heterocycles. The van der Waals surface area contributed by atoms with Crippen LogP contribution in [0, 0.1) is 11.8 Å². The molecule has 2 aromatic rings. The Balaban J connectivity index is 2.04. The average molecular weight is 443 g/mol. The summed E-state index contributed by atoms with van der Waals surface area (Å²) in [5.41, 5.74) is 3.86. The van der Waals surface area contributed by atoms with Gasteiger partial charge in [0.15, 0.2) is 0 Å². The minimum absolute atomic E-state index is 0.00499. The van der Waals surface area contributed by atoms with Gasteiger partial charge in [-0.1, -0.05) is 55.8 Å². The Morgan fingerprint density at radius 1 is 1.26 bits per heavy atom. The van der Waals surface area contributed by atoms with Gasteiger partial charge in [0.05, 0.1) is 25.7 Å². The third kappa shape index (κ3) is 5.31. The van der Waals surface area contributed by atoms with Crippen LogP contribution in [0.15, 0.2) is 54.6 Å². The molecule has 1 fully saturated rings. The Morgan fingerprint density at radius 2 is 1.94 bits per heavy atom. The van der Waals surface area contributed by atoms with E-state index < -0.39 is 5.97 Å². The summed E-state index contributed by atoms with van der Waals surface area (Å²) in [4.78, 5) is 11.3. The standard InChI is InChI=1S/C26H31ClO4/c1-15(2)20-14-21(18-7-9-19(27)10-8-18)25(16(3)4)31-26(20)22-12-17(13-24(28)29)6-11-23(22)30-5/h6-12,16,20-21,25-26H,1,13-14H2,2-5H3,(H,28,29)/t20-,21+,25+,26+/m1/s1. The third-order valence-electron chi connectivity index (χ3n) is 6.12. The highest BCUT2D eigenvalue weighted by atomic mass is 35.5. The Kier molecular flexibility index (Phi) is 7.45. The second-order valence-corrected chi connectivity index (χ2v) is 9.20. The molecular formula is C26H31ClO4. The van der Waals surface area contributed by atoms with Gasteiger partial charge >= 0.3 is 5.97 Å². The molecule has 0 radical (unpaired) electrons. The average Bonchev–Trinajstić information content (AvgIpc) is 2.72. The SMILES string of the molecule is C=C(C)[C@H]1C[C@@H](c2ccc(Cl)cc2)[C@H](C(C)C)O[C@@H]1c1cc(CC(=O)O)ccc1OC. The molecule has 1 heterocycles. The molecule has 0 spiro atoms. The van der Waals surface area contributed by atoms with E-state index in [1.807, 2.05) is 31.2 Å². The van der Waals surface area contributed by atoms with E-state index in [1.54, 1.807) is 13.2 Å². The van der Waals surface area contributed by atoms with Crippen molar-refractivity contribution < 1.29 is 19.4 Å². The van der Waals surface area contributed by atoms with Crippen molar-refractivity contribution in [2.45, 2.75) is 51.7 Å². The molecule has 31 heavy (non-hydrogen) atoms. The van der Waals surface area contributed by atoms with E-state index in [0.29, 0.717) is 11.7 Å². The molecule has 166 valence electrons. The smallest absolute Gasteiger partial charge is 0.307 e. The van der Waals surface area contributed by atoms with Crippen molar-refractivity contribution in [2.24, 2.45) is 11.8 Å². The molecule has 5 heteroatoms. The van der Waals surface area contributed by atoms with E-state index in [1.165, 1.54) is 5.56 Å². The van der Waals surface area contributed by atoms with E-state index in [4.69, 9.17) is 21.1 Å². The van der Waals surface area contributed by atoms with Gasteiger partial charge in [0.2, 0.25) is 0 Å². The maximum atomic E-state index is 11.3. The van der Waals surface area contributed by atoms with Crippen LogP contribution in [-0.2, 0) is 16.0 Å². The fourth-order valence-electron chi connectivity index (χ4n) is 4.59. The van der Waals surface area contributed by atoms with Gasteiger partial charge in [-0.2, -0.15) is 0 Å². The predicted molar refractivity (Wildman–Crippen MR) is 124 cm³/mol. The number of ether oxygens (including phenoxy) is 2. The van der Waals surface area contributed by atoms with Crippen LogP contribution in [0.3, 0.4) is 0 Å². The zero-order chi connectivity index (χ0) is 22.7. The molecule has 1 aliphatic rings. The first-order valence-corrected chi connectivity index (χ1v) is 11.0. The van der Waals surface area contributed by atoms with Crippen LogP contribution >= 0.6 is 11.6 Å². The summed E-state index contributed by atoms with van der Waals surface area (Å²) in [5, 5.41) is 9.96. The number of halogens is 1. The van der Waals surface area contributed by atoms with Crippen molar-refractivity contribution in [1.29, 1.82) is 0 Å². The van der Waals surface area contributed by atoms with Gasteiger partial charge in [-0.25, -0.2) is 0 Å². The normalized spacial score (nSPS) is 23.5. The van der Waals surface area contributed by atoms with Gasteiger partial charge in [0.1, 0.15) is 5.75 Å². The van der Waals surface area contributed by atoms with Crippen molar-refractivity contribution in [1.82, 2.24) is 0 Å². The largest absolute Gasteiger partial charge is 0.496 e. The van der Waals surface area contributed by atoms with Crippen LogP contribution in [0.4, 0.5) is 0 Å². The van der Waals surface area contributed by atoms with Crippen LogP contribution in [0.5, 0.6) is 5.75 Å². The number of carboxylic acids is 1. The minimum atomic E-state index is -0.861. The monoisotopic (exact) mass is 442 g/mol. The van der Waals surface area contributed by atoms with E-state index in [2.05, 4.69) is 32.6 Å². The van der Waals surface area contributed by atoms with E-state index in [-0.39, 0.29) is 30.5 Å². The Morgan fingerprint density at radius 3 is 2.48 bits per heavy atom. The molecule has 1 N–H and O–H groups in total. The Hall–Kier alpha value is -2.30. The molecule has 0 unspecified atom stereocenters. The van der Waals surface area contributed by atoms with Gasteiger partial charge in [-0.3, -0.25) is 4.79 Å². The first-order valence-electron chi connectivity index (χ1n) is 10.7. The summed E-state index contributed by atoms with van der Waals surface area (Å²) < 4.78 is 12.4. The Labute approximate surface area is 189 Å². The van der Waals surface area contributed by atoms with Crippen LogP contribution in [0.2, 0.25) is 5.02 Å². The third-order valence-corrected chi connectivity index (χ3v) is 6.37. The van der Waals surface area contributed by atoms with E-state index in [0.717, 1.165) is 28.1 Å². The van der Waals surface area contributed by atoms with Crippen LogP contribution in [0.25, 0.3) is 0 Å². The van der Waals surface area contributed by atoms with Crippen LogP contribution < -0.4 is 4.74 Å². The molecule has 2 aromatic carbocycles. The zero-order valence-electron chi connectivity index (χ0n) is 18.6. The molecule has 0 amide bonds. The summed E-state index contributed by atoms with van der Waals surface area (Å²) >= 11 is 6.11. The Bertz CT molecular complexity index is 935. The lowest BCUT2D eigenvalue weighted by atomic mass is 9.73. The predicted octanol–water partition coefficient (Wildman–Crippen LogP) is 6.44. The van der Waals surface area contributed by atoms with Crippen LogP contribution in [0.1, 0.15) is 55.9 Å². The van der Waals surface area contributed by atoms with E-state index >= 15 is 0 Å². The van der Waals surface area contributed by atoms with Crippen molar-refractivity contribution >= 4 is 17.6 Å². The maximum absolute atomic E-state index is 11.3. The first kappa shape index (κ1) is 23.4. The second kappa shape index (κ2) is 9.88. The van der Waals surface area contributed by atoms with Crippen molar-refractivity contribution in [3.63, 3.8) is 0 Å². The lowest BCUT2D eigenvalue weighted by molar-refractivity contribution is -0.136. The number of carboxylic acid groups (broad SMARTS) is 1. The molecular weight excluding hydrogens is 412 g/mol. The van der Waals surface area contributed by atoms with E-state index in [9.17, 15) is 9.90 Å². The highest BCUT2D eigenvalue weighted by Gasteiger charge is 2.42. The van der Waals surface area contributed by atoms with Crippen molar-refractivity contribution in [3.05, 3.63) is 76.3 Å². The summed E-state index contributed by atoms with van der Waals surface area (Å²) in [7, 11) is 1.63. The number of hydrogen-bond donors (Lipinski definition) is 1. The first-order chi connectivity index (χ1) is 14.7. The number of carbonyl (C=O) groups is 1. The highest BCUT2D eigenvalue weighted by Crippen LogP contribution is 2.49. The zero-order valence-corrected chi connectivity index (χ0v) is 19.4. The number of aliphatic carboxylic acids is 1. The number of rotatable bonds is 7.